The van der Waals surface area contributed by atoms with Crippen LogP contribution in [0.2, 0.25) is 0 Å². The Bertz CT molecular complexity index is 1060. The summed E-state index contributed by atoms with van der Waals surface area (Å²) < 4.78 is 0. The van der Waals surface area contributed by atoms with Gasteiger partial charge in [-0.3, -0.25) is 9.59 Å². The molecule has 0 aliphatic carbocycles. The number of benzene rings is 1. The number of hydrogen-bond donors (Lipinski definition) is 0. The van der Waals surface area contributed by atoms with Crippen molar-refractivity contribution in [3.05, 3.63) is 41.5 Å². The molecule has 1 aromatic carbocycles. The van der Waals surface area contributed by atoms with E-state index in [4.69, 9.17) is 0 Å². The first-order valence-electron chi connectivity index (χ1n) is 13.0. The second-order valence-electron chi connectivity index (χ2n) is 10.1. The van der Waals surface area contributed by atoms with Gasteiger partial charge < -0.3 is 19.6 Å². The number of rotatable bonds is 4. The fraction of sp³-hybridized carbons (Fsp3) is 0.556. The normalized spacial score (nSPS) is 21.4. The lowest BCUT2D eigenvalue weighted by Gasteiger charge is -2.36. The first-order valence-corrected chi connectivity index (χ1v) is 13.0. The number of hydrogen-bond acceptors (Lipinski definition) is 6. The lowest BCUT2D eigenvalue weighted by molar-refractivity contribution is -0.136. The number of anilines is 3. The maximum Gasteiger partial charge on any atom is 0.228 e. The van der Waals surface area contributed by atoms with Crippen LogP contribution < -0.4 is 14.7 Å². The van der Waals surface area contributed by atoms with Gasteiger partial charge in [0, 0.05) is 57.9 Å². The Hall–Kier alpha value is -3.16. The van der Waals surface area contributed by atoms with Crippen molar-refractivity contribution in [1.29, 1.82) is 0 Å². The highest BCUT2D eigenvalue weighted by Gasteiger charge is 2.38. The summed E-state index contributed by atoms with van der Waals surface area (Å²) in [6.07, 6.45) is 5.31. The van der Waals surface area contributed by atoms with Crippen molar-refractivity contribution in [2.75, 3.05) is 60.5 Å². The van der Waals surface area contributed by atoms with E-state index in [9.17, 15) is 9.59 Å². The molecule has 5 rings (SSSR count). The molecule has 3 aliphatic heterocycles. The van der Waals surface area contributed by atoms with E-state index in [0.29, 0.717) is 19.6 Å². The van der Waals surface area contributed by atoms with Crippen molar-refractivity contribution in [2.24, 2.45) is 5.92 Å². The molecule has 8 heteroatoms. The third kappa shape index (κ3) is 5.11. The van der Waals surface area contributed by atoms with Gasteiger partial charge in [0.25, 0.3) is 0 Å². The van der Waals surface area contributed by atoms with E-state index in [1.54, 1.807) is 4.90 Å². The number of nitrogens with zero attached hydrogens (tertiary/aromatic N) is 6. The molecule has 3 aliphatic rings. The van der Waals surface area contributed by atoms with Crippen LogP contribution in [0.1, 0.15) is 43.2 Å². The first kappa shape index (κ1) is 23.6. The van der Waals surface area contributed by atoms with Crippen molar-refractivity contribution in [2.45, 2.75) is 46.0 Å². The van der Waals surface area contributed by atoms with Crippen molar-refractivity contribution in [3.8, 4) is 0 Å². The van der Waals surface area contributed by atoms with Crippen LogP contribution in [0.4, 0.5) is 17.3 Å². The summed E-state index contributed by atoms with van der Waals surface area (Å²) in [7, 11) is 0. The highest BCUT2D eigenvalue weighted by atomic mass is 16.2. The highest BCUT2D eigenvalue weighted by Crippen LogP contribution is 2.28. The average Bonchev–Trinajstić information content (AvgIpc) is 3.08. The second kappa shape index (κ2) is 10.2. The molecule has 1 aromatic heterocycles. The quantitative estimate of drug-likeness (QED) is 0.675. The number of piperazine rings is 1. The minimum Gasteiger partial charge on any atom is -0.355 e. The van der Waals surface area contributed by atoms with Crippen LogP contribution in [0, 0.1) is 19.8 Å². The summed E-state index contributed by atoms with van der Waals surface area (Å²) in [4.78, 5) is 34.1. The van der Waals surface area contributed by atoms with Crippen molar-refractivity contribution in [1.82, 2.24) is 15.1 Å². The van der Waals surface area contributed by atoms with Crippen molar-refractivity contribution in [3.63, 3.8) is 0 Å². The zero-order valence-electron chi connectivity index (χ0n) is 20.9. The molecule has 0 saturated carbocycles. The van der Waals surface area contributed by atoms with Crippen LogP contribution in [0.15, 0.2) is 30.3 Å². The largest absolute Gasteiger partial charge is 0.355 e. The molecule has 8 nitrogen and oxygen atoms in total. The Balaban J connectivity index is 1.15. The Morgan fingerprint density at radius 3 is 2.03 bits per heavy atom. The zero-order chi connectivity index (χ0) is 24.4. The SMILES string of the molecule is Cc1ccc(N2CC(C(=O)N3CCN(c4ccc(N5CCCCCC5)nn4)CC3)CC2=O)cc1C. The number of aryl methyl sites for hydroxylation is 2. The van der Waals surface area contributed by atoms with Crippen molar-refractivity contribution >= 4 is 29.1 Å². The lowest BCUT2D eigenvalue weighted by atomic mass is 10.1. The number of carbonyl (C=O) groups excluding carboxylic acids is 2. The predicted octanol–water partition coefficient (Wildman–Crippen LogP) is 3.18. The fourth-order valence-electron chi connectivity index (χ4n) is 5.39. The molecule has 0 spiro atoms. The molecule has 4 heterocycles. The van der Waals surface area contributed by atoms with Crippen LogP contribution in [-0.2, 0) is 9.59 Å². The molecular formula is C27H36N6O2. The summed E-state index contributed by atoms with van der Waals surface area (Å²) in [6, 6.07) is 10.2. The molecule has 1 atom stereocenters. The minimum atomic E-state index is -0.275. The lowest BCUT2D eigenvalue weighted by Crippen LogP contribution is -2.51. The predicted molar refractivity (Wildman–Crippen MR) is 138 cm³/mol. The van der Waals surface area contributed by atoms with E-state index >= 15 is 0 Å². The standard InChI is InChI=1S/C27H36N6O2/c1-20-7-8-23(17-21(20)2)33-19-22(18-26(33)34)27(35)32-15-13-31(14-16-32)25-10-9-24(28-29-25)30-11-5-3-4-6-12-30/h7-10,17,22H,3-6,11-16,18-19H2,1-2H3. The van der Waals surface area contributed by atoms with E-state index in [1.807, 2.05) is 30.0 Å². The van der Waals surface area contributed by atoms with Crippen molar-refractivity contribution < 1.29 is 9.59 Å². The topological polar surface area (TPSA) is 72.9 Å². The summed E-state index contributed by atoms with van der Waals surface area (Å²) >= 11 is 0. The van der Waals surface area contributed by atoms with Gasteiger partial charge in [0.05, 0.1) is 5.92 Å². The van der Waals surface area contributed by atoms with Gasteiger partial charge in [-0.1, -0.05) is 18.9 Å². The van der Waals surface area contributed by atoms with E-state index in [2.05, 4.69) is 39.1 Å². The smallest absolute Gasteiger partial charge is 0.228 e. The molecule has 3 saturated heterocycles. The molecule has 2 aromatic rings. The second-order valence-corrected chi connectivity index (χ2v) is 10.1. The van der Waals surface area contributed by atoms with E-state index < -0.39 is 0 Å². The van der Waals surface area contributed by atoms with Gasteiger partial charge in [0.15, 0.2) is 11.6 Å². The Morgan fingerprint density at radius 2 is 1.43 bits per heavy atom. The van der Waals surface area contributed by atoms with Gasteiger partial charge in [0.1, 0.15) is 0 Å². The Morgan fingerprint density at radius 1 is 0.800 bits per heavy atom. The van der Waals surface area contributed by atoms with Crippen LogP contribution in [-0.4, -0.2) is 72.7 Å². The molecule has 3 fully saturated rings. The first-order chi connectivity index (χ1) is 17.0. The van der Waals surface area contributed by atoms with E-state index in [1.165, 1.54) is 31.2 Å². The average molecular weight is 477 g/mol. The number of carbonyl (C=O) groups is 2. The van der Waals surface area contributed by atoms with Crippen LogP contribution in [0.5, 0.6) is 0 Å². The monoisotopic (exact) mass is 476 g/mol. The van der Waals surface area contributed by atoms with E-state index in [0.717, 1.165) is 49.1 Å². The van der Waals surface area contributed by atoms with Gasteiger partial charge in [0.2, 0.25) is 11.8 Å². The van der Waals surface area contributed by atoms with Crippen LogP contribution >= 0.6 is 0 Å². The van der Waals surface area contributed by atoms with E-state index in [-0.39, 0.29) is 24.2 Å². The molecular weight excluding hydrogens is 440 g/mol. The maximum atomic E-state index is 13.2. The fourth-order valence-corrected chi connectivity index (χ4v) is 5.39. The summed E-state index contributed by atoms with van der Waals surface area (Å²) in [6.45, 7) is 9.42. The Labute approximate surface area is 207 Å². The summed E-state index contributed by atoms with van der Waals surface area (Å²) in [5.41, 5.74) is 3.25. The molecule has 2 amide bonds. The van der Waals surface area contributed by atoms with Gasteiger partial charge in [-0.2, -0.15) is 0 Å². The number of amides is 2. The highest BCUT2D eigenvalue weighted by molar-refractivity contribution is 6.00. The third-order valence-corrected chi connectivity index (χ3v) is 7.76. The molecule has 1 unspecified atom stereocenters. The molecule has 0 N–H and O–H groups in total. The third-order valence-electron chi connectivity index (χ3n) is 7.76. The molecule has 186 valence electrons. The minimum absolute atomic E-state index is 0.0324. The molecule has 0 bridgehead atoms. The molecule has 0 radical (unpaired) electrons. The van der Waals surface area contributed by atoms with Gasteiger partial charge in [-0.15, -0.1) is 10.2 Å². The van der Waals surface area contributed by atoms with Crippen LogP contribution in [0.3, 0.4) is 0 Å². The molecule has 35 heavy (non-hydrogen) atoms. The maximum absolute atomic E-state index is 13.2. The zero-order valence-corrected chi connectivity index (χ0v) is 20.9. The number of aromatic nitrogens is 2. The van der Waals surface area contributed by atoms with Crippen LogP contribution in [0.25, 0.3) is 0 Å². The van der Waals surface area contributed by atoms with Gasteiger partial charge >= 0.3 is 0 Å². The van der Waals surface area contributed by atoms with Gasteiger partial charge in [-0.05, 0) is 62.1 Å². The van der Waals surface area contributed by atoms with Gasteiger partial charge in [-0.25, -0.2) is 0 Å². The summed E-state index contributed by atoms with van der Waals surface area (Å²) in [5.74, 6) is 1.68. The Kier molecular flexibility index (Phi) is 6.88. The summed E-state index contributed by atoms with van der Waals surface area (Å²) in [5, 5.41) is 9.01.